The van der Waals surface area contributed by atoms with E-state index in [0.717, 1.165) is 11.1 Å². The van der Waals surface area contributed by atoms with Crippen molar-refractivity contribution >= 4 is 16.2 Å². The Labute approximate surface area is 123 Å². The van der Waals surface area contributed by atoms with Gasteiger partial charge in [0.25, 0.3) is 10.2 Å². The number of carbonyl (C=O) groups is 1. The summed E-state index contributed by atoms with van der Waals surface area (Å²) in [6.45, 7) is 1.97. The van der Waals surface area contributed by atoms with Gasteiger partial charge >= 0.3 is 5.97 Å². The lowest BCUT2D eigenvalue weighted by Gasteiger charge is -2.23. The number of ether oxygens (including phenoxy) is 1. The fraction of sp³-hybridized carbons (Fsp3) is 0.462. The van der Waals surface area contributed by atoms with E-state index in [4.69, 9.17) is 9.84 Å². The van der Waals surface area contributed by atoms with Crippen LogP contribution >= 0.6 is 0 Å². The van der Waals surface area contributed by atoms with E-state index in [9.17, 15) is 13.2 Å². The highest BCUT2D eigenvalue weighted by atomic mass is 32.2. The number of nitrogens with one attached hydrogen (secondary N) is 1. The molecule has 21 heavy (non-hydrogen) atoms. The minimum atomic E-state index is -3.90. The predicted octanol–water partition coefficient (Wildman–Crippen LogP) is 0.325. The van der Waals surface area contributed by atoms with Crippen molar-refractivity contribution in [1.29, 1.82) is 0 Å². The van der Waals surface area contributed by atoms with Gasteiger partial charge in [0.2, 0.25) is 0 Å². The number of carboxylic acid groups (broad SMARTS) is 1. The molecule has 0 fully saturated rings. The van der Waals surface area contributed by atoms with Gasteiger partial charge in [-0.2, -0.15) is 17.4 Å². The Bertz CT molecular complexity index is 606. The monoisotopic (exact) mass is 314 g/mol. The number of hydrogen-bond acceptors (Lipinski definition) is 4. The summed E-state index contributed by atoms with van der Waals surface area (Å²) < 4.78 is 33.0. The van der Waals surface area contributed by atoms with Crippen molar-refractivity contribution in [1.82, 2.24) is 9.03 Å². The van der Waals surface area contributed by atoms with Crippen molar-refractivity contribution in [2.24, 2.45) is 0 Å². The van der Waals surface area contributed by atoms with Gasteiger partial charge in [-0.05, 0) is 18.1 Å². The molecule has 1 aliphatic rings. The molecule has 0 aliphatic carbocycles. The van der Waals surface area contributed by atoms with Crippen molar-refractivity contribution in [2.75, 3.05) is 7.11 Å². The molecule has 2 atom stereocenters. The average molecular weight is 314 g/mol. The lowest BCUT2D eigenvalue weighted by molar-refractivity contribution is -0.142. The fourth-order valence-electron chi connectivity index (χ4n) is 2.19. The zero-order chi connectivity index (χ0) is 15.6. The number of fused-ring (bicyclic) bond motifs is 1. The fourth-order valence-corrected chi connectivity index (χ4v) is 3.57. The SMILES string of the molecule is CO[C@H](C)[C@H](NS(=O)(=O)N1Cc2ccccc2C1)C(=O)O. The van der Waals surface area contributed by atoms with Crippen molar-refractivity contribution < 1.29 is 23.1 Å². The van der Waals surface area contributed by atoms with Crippen LogP contribution in [0.5, 0.6) is 0 Å². The van der Waals surface area contributed by atoms with Crippen LogP contribution in [-0.2, 0) is 32.8 Å². The van der Waals surface area contributed by atoms with Crippen molar-refractivity contribution in [3.8, 4) is 0 Å². The molecular formula is C13H18N2O5S. The molecule has 2 rings (SSSR count). The molecule has 0 radical (unpaired) electrons. The lowest BCUT2D eigenvalue weighted by atomic mass is 10.1. The Morgan fingerprint density at radius 2 is 1.86 bits per heavy atom. The second-order valence-electron chi connectivity index (χ2n) is 4.92. The van der Waals surface area contributed by atoms with Gasteiger partial charge < -0.3 is 9.84 Å². The average Bonchev–Trinajstić information content (AvgIpc) is 2.88. The van der Waals surface area contributed by atoms with E-state index in [1.54, 1.807) is 0 Å². The first-order valence-electron chi connectivity index (χ1n) is 6.45. The molecule has 0 saturated heterocycles. The minimum absolute atomic E-state index is 0.235. The van der Waals surface area contributed by atoms with Crippen LogP contribution in [0.25, 0.3) is 0 Å². The molecule has 0 unspecified atom stereocenters. The molecule has 1 heterocycles. The summed E-state index contributed by atoms with van der Waals surface area (Å²) in [7, 11) is -2.57. The Morgan fingerprint density at radius 1 is 1.33 bits per heavy atom. The number of methoxy groups -OCH3 is 1. The Kier molecular flexibility index (Phi) is 4.62. The van der Waals surface area contributed by atoms with Gasteiger partial charge in [-0.1, -0.05) is 24.3 Å². The number of hydrogen-bond donors (Lipinski definition) is 2. The first-order valence-corrected chi connectivity index (χ1v) is 7.89. The molecule has 1 aliphatic heterocycles. The van der Waals surface area contributed by atoms with Gasteiger partial charge in [0.1, 0.15) is 6.04 Å². The molecule has 8 heteroatoms. The standard InChI is InChI=1S/C13H18N2O5S/c1-9(20-2)12(13(16)17)14-21(18,19)15-7-10-5-3-4-6-11(10)8-15/h3-6,9,12,14H,7-8H2,1-2H3,(H,16,17)/t9-,12+/m1/s1. The predicted molar refractivity (Wildman–Crippen MR) is 75.6 cm³/mol. The number of nitrogens with zero attached hydrogens (tertiary/aromatic N) is 1. The zero-order valence-electron chi connectivity index (χ0n) is 11.8. The maximum Gasteiger partial charge on any atom is 0.324 e. The van der Waals surface area contributed by atoms with Crippen LogP contribution in [0.4, 0.5) is 0 Å². The minimum Gasteiger partial charge on any atom is -0.480 e. The van der Waals surface area contributed by atoms with Crippen molar-refractivity contribution in [2.45, 2.75) is 32.2 Å². The summed E-state index contributed by atoms with van der Waals surface area (Å²) in [5.74, 6) is -1.27. The first-order chi connectivity index (χ1) is 9.85. The summed E-state index contributed by atoms with van der Waals surface area (Å²) >= 11 is 0. The van der Waals surface area contributed by atoms with Gasteiger partial charge in [0.15, 0.2) is 0 Å². The highest BCUT2D eigenvalue weighted by molar-refractivity contribution is 7.87. The van der Waals surface area contributed by atoms with E-state index in [1.807, 2.05) is 24.3 Å². The van der Waals surface area contributed by atoms with E-state index >= 15 is 0 Å². The van der Waals surface area contributed by atoms with Crippen LogP contribution in [0.2, 0.25) is 0 Å². The Hall–Kier alpha value is -1.48. The van der Waals surface area contributed by atoms with E-state index in [2.05, 4.69) is 4.72 Å². The van der Waals surface area contributed by atoms with Gasteiger partial charge in [0, 0.05) is 20.2 Å². The maximum absolute atomic E-state index is 12.3. The van der Waals surface area contributed by atoms with Crippen molar-refractivity contribution in [3.05, 3.63) is 35.4 Å². The molecule has 116 valence electrons. The molecule has 0 bridgehead atoms. The number of aliphatic carboxylic acids is 1. The summed E-state index contributed by atoms with van der Waals surface area (Å²) in [6, 6.07) is 6.07. The Balaban J connectivity index is 2.15. The van der Waals surface area contributed by atoms with Crippen LogP contribution in [0.3, 0.4) is 0 Å². The second-order valence-corrected chi connectivity index (χ2v) is 6.62. The number of rotatable bonds is 6. The topological polar surface area (TPSA) is 95.9 Å². The normalized spacial score (nSPS) is 18.2. The largest absolute Gasteiger partial charge is 0.480 e. The first kappa shape index (κ1) is 15.9. The Morgan fingerprint density at radius 3 is 2.29 bits per heavy atom. The van der Waals surface area contributed by atoms with Gasteiger partial charge in [-0.15, -0.1) is 0 Å². The van der Waals surface area contributed by atoms with Crippen LogP contribution in [0, 0.1) is 0 Å². The van der Waals surface area contributed by atoms with Gasteiger partial charge in [-0.3, -0.25) is 4.79 Å². The van der Waals surface area contributed by atoms with Crippen molar-refractivity contribution in [3.63, 3.8) is 0 Å². The molecule has 0 saturated carbocycles. The third-order valence-corrected chi connectivity index (χ3v) is 5.02. The molecule has 0 amide bonds. The highest BCUT2D eigenvalue weighted by Gasteiger charge is 2.35. The molecule has 0 spiro atoms. The van der Waals surface area contributed by atoms with E-state index in [1.165, 1.54) is 18.3 Å². The highest BCUT2D eigenvalue weighted by Crippen LogP contribution is 2.24. The zero-order valence-corrected chi connectivity index (χ0v) is 12.6. The molecule has 1 aromatic rings. The summed E-state index contributed by atoms with van der Waals surface area (Å²) in [6.07, 6.45) is -0.776. The number of benzene rings is 1. The summed E-state index contributed by atoms with van der Waals surface area (Å²) in [4.78, 5) is 11.2. The van der Waals surface area contributed by atoms with E-state index < -0.39 is 28.3 Å². The third-order valence-electron chi connectivity index (χ3n) is 3.53. The van der Waals surface area contributed by atoms with Crippen LogP contribution in [0.1, 0.15) is 18.1 Å². The number of carboxylic acids is 1. The van der Waals surface area contributed by atoms with E-state index in [0.29, 0.717) is 0 Å². The van der Waals surface area contributed by atoms with Crippen LogP contribution in [0.15, 0.2) is 24.3 Å². The van der Waals surface area contributed by atoms with E-state index in [-0.39, 0.29) is 13.1 Å². The molecule has 1 aromatic carbocycles. The van der Waals surface area contributed by atoms with Crippen LogP contribution < -0.4 is 4.72 Å². The van der Waals surface area contributed by atoms with Crippen LogP contribution in [-0.4, -0.2) is 43.1 Å². The van der Waals surface area contributed by atoms with Gasteiger partial charge in [-0.25, -0.2) is 0 Å². The quantitative estimate of drug-likeness (QED) is 0.788. The molecule has 7 nitrogen and oxygen atoms in total. The molecule has 2 N–H and O–H groups in total. The second kappa shape index (κ2) is 6.10. The smallest absolute Gasteiger partial charge is 0.324 e. The molecular weight excluding hydrogens is 296 g/mol. The van der Waals surface area contributed by atoms with Gasteiger partial charge in [0.05, 0.1) is 6.10 Å². The lowest BCUT2D eigenvalue weighted by Crippen LogP contribution is -2.52. The molecule has 0 aromatic heterocycles. The third kappa shape index (κ3) is 3.41. The maximum atomic E-state index is 12.3. The summed E-state index contributed by atoms with van der Waals surface area (Å²) in [5, 5.41) is 9.13. The summed E-state index contributed by atoms with van der Waals surface area (Å²) in [5.41, 5.74) is 1.85.